The predicted molar refractivity (Wildman–Crippen MR) is 96.6 cm³/mol. The first-order chi connectivity index (χ1) is 11.4. The summed E-state index contributed by atoms with van der Waals surface area (Å²) in [4.78, 5) is 14.9. The number of hydrogen-bond donors (Lipinski definition) is 0. The van der Waals surface area contributed by atoms with E-state index in [1.807, 2.05) is 11.0 Å². The summed E-state index contributed by atoms with van der Waals surface area (Å²) in [6, 6.07) is 6.27. The van der Waals surface area contributed by atoms with Crippen molar-refractivity contribution < 1.29 is 13.2 Å². The zero-order valence-corrected chi connectivity index (χ0v) is 16.1. The Kier molecular flexibility index (Phi) is 4.03. The maximum atomic E-state index is 12.9. The summed E-state index contributed by atoms with van der Waals surface area (Å²) >= 11 is 3.61. The molecular formula is C18H22BrNO3S. The molecule has 4 nitrogen and oxygen atoms in total. The predicted octanol–water partition coefficient (Wildman–Crippen LogP) is 2.76. The molecule has 1 aliphatic heterocycles. The lowest BCUT2D eigenvalue weighted by Crippen LogP contribution is -2.34. The molecule has 0 radical (unpaired) electrons. The van der Waals surface area contributed by atoms with Gasteiger partial charge in [-0.25, -0.2) is 8.42 Å². The number of nitrogens with zero attached hydrogens (tertiary/aromatic N) is 1. The van der Waals surface area contributed by atoms with Gasteiger partial charge in [0, 0.05) is 29.7 Å². The molecule has 1 heterocycles. The second-order valence-corrected chi connectivity index (χ2v) is 10.6. The van der Waals surface area contributed by atoms with Crippen LogP contribution in [0.15, 0.2) is 22.7 Å². The van der Waals surface area contributed by atoms with E-state index in [-0.39, 0.29) is 17.1 Å². The molecule has 4 unspecified atom stereocenters. The number of fused-ring (bicyclic) bond motifs is 3. The SMILES string of the molecule is CS(=O)(=O)C1CCCN(C(=O)C2C3Cc4c(Br)cccc4C32)CC1. The summed E-state index contributed by atoms with van der Waals surface area (Å²) in [7, 11) is -3.01. The first kappa shape index (κ1) is 16.6. The molecule has 0 N–H and O–H groups in total. The van der Waals surface area contributed by atoms with Gasteiger partial charge in [-0.05, 0) is 54.7 Å². The van der Waals surface area contributed by atoms with Crippen LogP contribution in [0.3, 0.4) is 0 Å². The minimum Gasteiger partial charge on any atom is -0.342 e. The van der Waals surface area contributed by atoms with Crippen molar-refractivity contribution in [2.24, 2.45) is 11.8 Å². The highest BCUT2D eigenvalue weighted by molar-refractivity contribution is 9.10. The molecule has 4 rings (SSSR count). The Morgan fingerprint density at radius 3 is 2.79 bits per heavy atom. The second-order valence-electron chi connectivity index (χ2n) is 7.43. The fraction of sp³-hybridized carbons (Fsp3) is 0.611. The van der Waals surface area contributed by atoms with Crippen molar-refractivity contribution >= 4 is 31.7 Å². The quantitative estimate of drug-likeness (QED) is 0.751. The van der Waals surface area contributed by atoms with E-state index in [0.717, 1.165) is 17.3 Å². The van der Waals surface area contributed by atoms with Crippen molar-refractivity contribution in [2.75, 3.05) is 19.3 Å². The van der Waals surface area contributed by atoms with Crippen LogP contribution in [0.2, 0.25) is 0 Å². The molecular weight excluding hydrogens is 390 g/mol. The Balaban J connectivity index is 1.45. The van der Waals surface area contributed by atoms with Crippen LogP contribution in [0.1, 0.15) is 36.3 Å². The van der Waals surface area contributed by atoms with E-state index in [1.54, 1.807) is 0 Å². The summed E-state index contributed by atoms with van der Waals surface area (Å²) < 4.78 is 24.7. The number of halogens is 1. The maximum Gasteiger partial charge on any atom is 0.226 e. The van der Waals surface area contributed by atoms with Crippen LogP contribution in [0, 0.1) is 11.8 Å². The Labute approximate surface area is 151 Å². The molecule has 1 amide bonds. The number of likely N-dealkylation sites (tertiary alicyclic amines) is 1. The van der Waals surface area contributed by atoms with Gasteiger partial charge in [-0.2, -0.15) is 0 Å². The van der Waals surface area contributed by atoms with Crippen molar-refractivity contribution in [3.05, 3.63) is 33.8 Å². The molecule has 1 saturated heterocycles. The second kappa shape index (κ2) is 5.84. The lowest BCUT2D eigenvalue weighted by molar-refractivity contribution is -0.133. The van der Waals surface area contributed by atoms with Crippen molar-refractivity contribution in [1.29, 1.82) is 0 Å². The molecule has 3 aliphatic rings. The van der Waals surface area contributed by atoms with Crippen LogP contribution in [-0.2, 0) is 21.1 Å². The Morgan fingerprint density at radius 1 is 1.25 bits per heavy atom. The van der Waals surface area contributed by atoms with Crippen molar-refractivity contribution in [3.8, 4) is 0 Å². The fourth-order valence-corrected chi connectivity index (χ4v) is 6.32. The zero-order chi connectivity index (χ0) is 17.1. The minimum atomic E-state index is -3.01. The average Bonchev–Trinajstić information content (AvgIpc) is 3.18. The summed E-state index contributed by atoms with van der Waals surface area (Å²) in [6.07, 6.45) is 4.34. The van der Waals surface area contributed by atoms with E-state index < -0.39 is 9.84 Å². The third-order valence-electron chi connectivity index (χ3n) is 6.00. The van der Waals surface area contributed by atoms with Gasteiger partial charge in [0.05, 0.1) is 5.25 Å². The van der Waals surface area contributed by atoms with Crippen molar-refractivity contribution in [3.63, 3.8) is 0 Å². The summed E-state index contributed by atoms with van der Waals surface area (Å²) in [5.74, 6) is 1.17. The number of rotatable bonds is 2. The standard InChI is InChI=1S/C18H22BrNO3S/c1-24(22,23)11-4-3-8-20(9-7-11)18(21)17-14-10-13-12(16(14)17)5-2-6-15(13)19/h2,5-6,11,14,16-17H,3-4,7-10H2,1H3. The summed E-state index contributed by atoms with van der Waals surface area (Å²) in [6.45, 7) is 1.28. The van der Waals surface area contributed by atoms with E-state index in [4.69, 9.17) is 0 Å². The molecule has 6 heteroatoms. The molecule has 2 fully saturated rings. The average molecular weight is 412 g/mol. The fourth-order valence-electron chi connectivity index (χ4n) is 4.65. The van der Waals surface area contributed by atoms with Gasteiger partial charge in [-0.15, -0.1) is 0 Å². The lowest BCUT2D eigenvalue weighted by atomic mass is 10.0. The first-order valence-corrected chi connectivity index (χ1v) is 11.4. The number of sulfone groups is 1. The topological polar surface area (TPSA) is 54.5 Å². The van der Waals surface area contributed by atoms with Gasteiger partial charge < -0.3 is 4.90 Å². The smallest absolute Gasteiger partial charge is 0.226 e. The highest BCUT2D eigenvalue weighted by Gasteiger charge is 2.60. The van der Waals surface area contributed by atoms with Crippen molar-refractivity contribution in [1.82, 2.24) is 4.90 Å². The third kappa shape index (κ3) is 2.71. The third-order valence-corrected chi connectivity index (χ3v) is 8.43. The maximum absolute atomic E-state index is 12.9. The van der Waals surface area contributed by atoms with Crippen LogP contribution in [0.4, 0.5) is 0 Å². The zero-order valence-electron chi connectivity index (χ0n) is 13.7. The molecule has 1 saturated carbocycles. The highest BCUT2D eigenvalue weighted by atomic mass is 79.9. The van der Waals surface area contributed by atoms with E-state index in [1.165, 1.54) is 17.4 Å². The van der Waals surface area contributed by atoms with Crippen molar-refractivity contribution in [2.45, 2.75) is 36.9 Å². The normalized spacial score (nSPS) is 32.0. The van der Waals surface area contributed by atoms with Gasteiger partial charge in [0.25, 0.3) is 0 Å². The van der Waals surface area contributed by atoms with E-state index >= 15 is 0 Å². The summed E-state index contributed by atoms with van der Waals surface area (Å²) in [5, 5.41) is -0.286. The molecule has 2 aliphatic carbocycles. The highest BCUT2D eigenvalue weighted by Crippen LogP contribution is 2.62. The Hall–Kier alpha value is -0.880. The first-order valence-electron chi connectivity index (χ1n) is 8.63. The van der Waals surface area contributed by atoms with Crippen LogP contribution in [0.5, 0.6) is 0 Å². The van der Waals surface area contributed by atoms with Gasteiger partial charge in [-0.3, -0.25) is 4.79 Å². The molecule has 0 bridgehead atoms. The number of hydrogen-bond acceptors (Lipinski definition) is 3. The molecule has 24 heavy (non-hydrogen) atoms. The van der Waals surface area contributed by atoms with Gasteiger partial charge >= 0.3 is 0 Å². The van der Waals surface area contributed by atoms with Gasteiger partial charge in [-0.1, -0.05) is 28.1 Å². The molecule has 1 aromatic rings. The number of carbonyl (C=O) groups excluding carboxylic acids is 1. The number of benzene rings is 1. The van der Waals surface area contributed by atoms with E-state index in [9.17, 15) is 13.2 Å². The molecule has 0 spiro atoms. The number of amides is 1. The van der Waals surface area contributed by atoms with Gasteiger partial charge in [0.2, 0.25) is 5.91 Å². The molecule has 4 atom stereocenters. The number of carbonyl (C=O) groups is 1. The minimum absolute atomic E-state index is 0.113. The lowest BCUT2D eigenvalue weighted by Gasteiger charge is -2.22. The Morgan fingerprint density at radius 2 is 2.04 bits per heavy atom. The summed E-state index contributed by atoms with van der Waals surface area (Å²) in [5.41, 5.74) is 2.70. The van der Waals surface area contributed by atoms with Crippen LogP contribution in [0.25, 0.3) is 0 Å². The molecule has 130 valence electrons. The van der Waals surface area contributed by atoms with Crippen LogP contribution < -0.4 is 0 Å². The molecule has 0 aromatic heterocycles. The van der Waals surface area contributed by atoms with Crippen LogP contribution in [-0.4, -0.2) is 43.8 Å². The van der Waals surface area contributed by atoms with Crippen LogP contribution >= 0.6 is 15.9 Å². The Bertz CT molecular complexity index is 791. The van der Waals surface area contributed by atoms with Gasteiger partial charge in [0.1, 0.15) is 9.84 Å². The van der Waals surface area contributed by atoms with E-state index in [2.05, 4.69) is 28.1 Å². The molecule has 1 aromatic carbocycles. The largest absolute Gasteiger partial charge is 0.342 e. The van der Waals surface area contributed by atoms with Gasteiger partial charge in [0.15, 0.2) is 0 Å². The monoisotopic (exact) mass is 411 g/mol. The van der Waals surface area contributed by atoms with E-state index in [0.29, 0.717) is 37.8 Å².